The van der Waals surface area contributed by atoms with Crippen LogP contribution in [0.25, 0.3) is 11.0 Å². The Bertz CT molecular complexity index is 1130. The fourth-order valence-electron chi connectivity index (χ4n) is 3.79. The maximum absolute atomic E-state index is 4.77. The molecule has 4 aromatic rings. The topological polar surface area (TPSA) is 83.5 Å². The summed E-state index contributed by atoms with van der Waals surface area (Å²) in [5.41, 5.74) is 4.45. The summed E-state index contributed by atoms with van der Waals surface area (Å²) in [6, 6.07) is 11.2. The third-order valence-corrected chi connectivity index (χ3v) is 5.25. The molecule has 0 unspecified atom stereocenters. The Morgan fingerprint density at radius 2 is 2.03 bits per heavy atom. The van der Waals surface area contributed by atoms with Crippen LogP contribution in [-0.2, 0) is 6.42 Å². The molecule has 0 bridgehead atoms. The molecule has 3 heterocycles. The van der Waals surface area contributed by atoms with Gasteiger partial charge in [-0.05, 0) is 43.9 Å². The minimum atomic E-state index is 0. The Balaban J connectivity index is 0.00000205. The molecule has 150 valence electrons. The van der Waals surface area contributed by atoms with Crippen LogP contribution in [0.15, 0.2) is 48.9 Å². The van der Waals surface area contributed by atoms with E-state index in [2.05, 4.69) is 63.8 Å². The maximum Gasteiger partial charge on any atom is 0.231 e. The molecule has 1 atom stereocenters. The number of nitrogens with one attached hydrogen (secondary N) is 3. The summed E-state index contributed by atoms with van der Waals surface area (Å²) in [6.07, 6.45) is 7.82. The molecular formula is C21H25N7S. The summed E-state index contributed by atoms with van der Waals surface area (Å²) < 4.78 is 1.91. The first kappa shape index (κ1) is 19.3. The third kappa shape index (κ3) is 3.67. The van der Waals surface area contributed by atoms with Crippen molar-refractivity contribution >= 4 is 42.0 Å². The van der Waals surface area contributed by atoms with Gasteiger partial charge in [0, 0.05) is 18.4 Å². The molecule has 1 aromatic carbocycles. The van der Waals surface area contributed by atoms with Crippen molar-refractivity contribution in [3.8, 4) is 0 Å². The highest BCUT2D eigenvalue weighted by Crippen LogP contribution is 2.35. The van der Waals surface area contributed by atoms with Crippen molar-refractivity contribution in [2.45, 2.75) is 38.8 Å². The van der Waals surface area contributed by atoms with E-state index in [1.165, 1.54) is 11.1 Å². The van der Waals surface area contributed by atoms with Crippen molar-refractivity contribution in [3.05, 3.63) is 60.0 Å². The quantitative estimate of drug-likeness (QED) is 0.447. The molecule has 0 saturated heterocycles. The second kappa shape index (κ2) is 7.79. The van der Waals surface area contributed by atoms with E-state index >= 15 is 0 Å². The van der Waals surface area contributed by atoms with Gasteiger partial charge >= 0.3 is 0 Å². The summed E-state index contributed by atoms with van der Waals surface area (Å²) in [4.78, 5) is 12.6. The van der Waals surface area contributed by atoms with Gasteiger partial charge in [0.15, 0.2) is 0 Å². The van der Waals surface area contributed by atoms with Gasteiger partial charge in [-0.25, -0.2) is 0 Å². The van der Waals surface area contributed by atoms with Crippen LogP contribution in [0.3, 0.4) is 0 Å². The zero-order chi connectivity index (χ0) is 19.1. The van der Waals surface area contributed by atoms with E-state index in [1.807, 2.05) is 23.1 Å². The average Bonchev–Trinajstić information content (AvgIpc) is 3.42. The van der Waals surface area contributed by atoms with Crippen LogP contribution in [0, 0.1) is 0 Å². The van der Waals surface area contributed by atoms with Gasteiger partial charge < -0.3 is 15.6 Å². The molecule has 0 saturated carbocycles. The van der Waals surface area contributed by atoms with E-state index in [0.29, 0.717) is 12.0 Å². The lowest BCUT2D eigenvalue weighted by molar-refractivity contribution is 0.532. The highest BCUT2D eigenvalue weighted by Gasteiger charge is 2.23. The van der Waals surface area contributed by atoms with E-state index in [1.54, 1.807) is 6.20 Å². The summed E-state index contributed by atoms with van der Waals surface area (Å²) in [7, 11) is 0. The largest absolute Gasteiger partial charge is 0.363 e. The molecule has 7 nitrogen and oxygen atoms in total. The van der Waals surface area contributed by atoms with Crippen LogP contribution in [0.1, 0.15) is 43.5 Å². The van der Waals surface area contributed by atoms with Crippen LogP contribution in [0.5, 0.6) is 0 Å². The van der Waals surface area contributed by atoms with Crippen LogP contribution in [-0.4, -0.2) is 24.7 Å². The Morgan fingerprint density at radius 3 is 2.86 bits per heavy atom. The fourth-order valence-corrected chi connectivity index (χ4v) is 3.79. The van der Waals surface area contributed by atoms with Gasteiger partial charge in [0.1, 0.15) is 11.5 Å². The first-order valence-electron chi connectivity index (χ1n) is 9.68. The van der Waals surface area contributed by atoms with Crippen molar-refractivity contribution < 1.29 is 0 Å². The molecule has 8 heteroatoms. The number of aromatic amines is 1. The van der Waals surface area contributed by atoms with Gasteiger partial charge in [0.25, 0.3) is 0 Å². The Hall–Kier alpha value is -3.00. The van der Waals surface area contributed by atoms with Gasteiger partial charge in [0.2, 0.25) is 5.95 Å². The van der Waals surface area contributed by atoms with E-state index in [9.17, 15) is 0 Å². The van der Waals surface area contributed by atoms with Crippen molar-refractivity contribution in [2.24, 2.45) is 0 Å². The zero-order valence-corrected chi connectivity index (χ0v) is 17.5. The standard InChI is InChI=1S/C21H23N7.H2S/c1-13(2)28-12-15(11-23-28)24-21-26-19-17(9-10-22-19)20(27-21)25-18-8-7-14-5-3-4-6-16(14)18;/h3-6,9-13,18H,7-8H2,1-2H3,(H3,22,24,25,26,27);1H2/t18-;/m0./s1. The zero-order valence-electron chi connectivity index (χ0n) is 16.5. The van der Waals surface area contributed by atoms with Crippen LogP contribution in [0.4, 0.5) is 17.5 Å². The molecule has 3 N–H and O–H groups in total. The number of nitrogens with zero attached hydrogens (tertiary/aromatic N) is 4. The molecule has 5 rings (SSSR count). The number of aromatic nitrogens is 5. The molecule has 0 radical (unpaired) electrons. The number of anilines is 3. The number of hydrogen-bond acceptors (Lipinski definition) is 5. The van der Waals surface area contributed by atoms with Crippen molar-refractivity contribution in [1.82, 2.24) is 24.7 Å². The number of hydrogen-bond donors (Lipinski definition) is 3. The molecule has 0 fully saturated rings. The minimum absolute atomic E-state index is 0. The molecular weight excluding hydrogens is 382 g/mol. The van der Waals surface area contributed by atoms with Gasteiger partial charge in [-0.1, -0.05) is 24.3 Å². The van der Waals surface area contributed by atoms with E-state index in [-0.39, 0.29) is 19.5 Å². The van der Waals surface area contributed by atoms with E-state index in [4.69, 9.17) is 4.98 Å². The lowest BCUT2D eigenvalue weighted by Crippen LogP contribution is -2.10. The molecule has 0 amide bonds. The Labute approximate surface area is 176 Å². The van der Waals surface area contributed by atoms with Crippen LogP contribution < -0.4 is 10.6 Å². The first-order valence-corrected chi connectivity index (χ1v) is 9.68. The van der Waals surface area contributed by atoms with E-state index in [0.717, 1.165) is 35.4 Å². The number of H-pyrrole nitrogens is 1. The second-order valence-electron chi connectivity index (χ2n) is 7.50. The second-order valence-corrected chi connectivity index (χ2v) is 7.50. The molecule has 0 spiro atoms. The van der Waals surface area contributed by atoms with Gasteiger partial charge in [-0.3, -0.25) is 4.68 Å². The fraction of sp³-hybridized carbons (Fsp3) is 0.286. The average molecular weight is 408 g/mol. The number of fused-ring (bicyclic) bond motifs is 2. The molecule has 1 aliphatic rings. The monoisotopic (exact) mass is 407 g/mol. The first-order chi connectivity index (χ1) is 13.7. The highest BCUT2D eigenvalue weighted by molar-refractivity contribution is 7.59. The lowest BCUT2D eigenvalue weighted by atomic mass is 10.1. The predicted octanol–water partition coefficient (Wildman–Crippen LogP) is 4.69. The summed E-state index contributed by atoms with van der Waals surface area (Å²) in [5, 5.41) is 12.3. The highest BCUT2D eigenvalue weighted by atomic mass is 32.1. The SMILES string of the molecule is CC(C)n1cc(Nc2nc(N[C@H]3CCc4ccccc43)c3cc[nH]c3n2)cn1.S. The van der Waals surface area contributed by atoms with Crippen molar-refractivity contribution in [1.29, 1.82) is 0 Å². The van der Waals surface area contributed by atoms with Crippen LogP contribution >= 0.6 is 13.5 Å². The molecule has 29 heavy (non-hydrogen) atoms. The lowest BCUT2D eigenvalue weighted by Gasteiger charge is -2.16. The smallest absolute Gasteiger partial charge is 0.231 e. The molecule has 3 aromatic heterocycles. The number of rotatable bonds is 5. The van der Waals surface area contributed by atoms with Crippen molar-refractivity contribution in [2.75, 3.05) is 10.6 Å². The number of benzene rings is 1. The van der Waals surface area contributed by atoms with Gasteiger partial charge in [-0.2, -0.15) is 28.6 Å². The summed E-state index contributed by atoms with van der Waals surface area (Å²) in [5.74, 6) is 1.39. The summed E-state index contributed by atoms with van der Waals surface area (Å²) in [6.45, 7) is 4.19. The normalized spacial score (nSPS) is 15.3. The third-order valence-electron chi connectivity index (χ3n) is 5.25. The summed E-state index contributed by atoms with van der Waals surface area (Å²) >= 11 is 0. The van der Waals surface area contributed by atoms with Crippen LogP contribution in [0.2, 0.25) is 0 Å². The van der Waals surface area contributed by atoms with Gasteiger partial charge in [-0.15, -0.1) is 0 Å². The molecule has 1 aliphatic carbocycles. The van der Waals surface area contributed by atoms with Gasteiger partial charge in [0.05, 0.1) is 23.3 Å². The Kier molecular flexibility index (Phi) is 5.19. The molecule has 0 aliphatic heterocycles. The Morgan fingerprint density at radius 1 is 1.17 bits per heavy atom. The maximum atomic E-state index is 4.77. The minimum Gasteiger partial charge on any atom is -0.363 e. The van der Waals surface area contributed by atoms with Crippen molar-refractivity contribution in [3.63, 3.8) is 0 Å². The number of aryl methyl sites for hydroxylation is 1. The predicted molar refractivity (Wildman–Crippen MR) is 121 cm³/mol. The van der Waals surface area contributed by atoms with E-state index < -0.39 is 0 Å².